The van der Waals surface area contributed by atoms with Gasteiger partial charge in [0.05, 0.1) is 11.0 Å². The molecule has 0 saturated carbocycles. The van der Waals surface area contributed by atoms with Crippen LogP contribution in [-0.4, -0.2) is 26.9 Å². The maximum absolute atomic E-state index is 11.6. The fourth-order valence-corrected chi connectivity index (χ4v) is 2.97. The van der Waals surface area contributed by atoms with E-state index >= 15 is 0 Å². The Morgan fingerprint density at radius 2 is 2.33 bits per heavy atom. The highest BCUT2D eigenvalue weighted by molar-refractivity contribution is 9.11. The Morgan fingerprint density at radius 1 is 1.67 bits per heavy atom. The first-order valence-electron chi connectivity index (χ1n) is 4.11. The minimum Gasteiger partial charge on any atom is -0.242 e. The van der Waals surface area contributed by atoms with Crippen LogP contribution in [0.5, 0.6) is 0 Å². The van der Waals surface area contributed by atoms with Crippen molar-refractivity contribution in [3.05, 3.63) is 10.6 Å². The summed E-state index contributed by atoms with van der Waals surface area (Å²) in [6.07, 6.45) is 3.15. The Labute approximate surface area is 84.7 Å². The predicted molar refractivity (Wildman–Crippen MR) is 56.5 cm³/mol. The largest absolute Gasteiger partial charge is 0.242 e. The Hall–Kier alpha value is 0.330. The smallest absolute Gasteiger partial charge is 0.0972 e. The molecule has 0 saturated heterocycles. The number of hydrogen-bond acceptors (Lipinski definition) is 1. The second kappa shape index (κ2) is 4.53. The van der Waals surface area contributed by atoms with Crippen LogP contribution in [0.25, 0.3) is 0 Å². The number of halogens is 1. The number of rotatable bonds is 2. The zero-order valence-corrected chi connectivity index (χ0v) is 9.82. The van der Waals surface area contributed by atoms with E-state index in [1.54, 1.807) is 0 Å². The van der Waals surface area contributed by atoms with E-state index in [0.29, 0.717) is 0 Å². The van der Waals surface area contributed by atoms with E-state index in [1.807, 2.05) is 18.2 Å². The molecule has 0 spiro atoms. The van der Waals surface area contributed by atoms with Crippen molar-refractivity contribution >= 4 is 26.9 Å². The van der Waals surface area contributed by atoms with Gasteiger partial charge in [0.15, 0.2) is 0 Å². The average molecular weight is 252 g/mol. The number of hydrogen-bond donors (Lipinski definition) is 0. The van der Waals surface area contributed by atoms with E-state index in [9.17, 15) is 4.21 Å². The van der Waals surface area contributed by atoms with Gasteiger partial charge in [0.1, 0.15) is 0 Å². The Balaban J connectivity index is 2.55. The number of nitrogens with zero attached hydrogens (tertiary/aromatic N) is 1. The standard InChI is InChI=1S/C8H14BrNOS/c1-7(2)12(11)10-5-3-4-8(9)6-10/h4,7H,3,5-6H2,1-2H3. The highest BCUT2D eigenvalue weighted by Gasteiger charge is 2.18. The van der Waals surface area contributed by atoms with Crippen molar-refractivity contribution in [2.24, 2.45) is 0 Å². The molecule has 0 aromatic heterocycles. The van der Waals surface area contributed by atoms with Crippen LogP contribution < -0.4 is 0 Å². The van der Waals surface area contributed by atoms with Crippen molar-refractivity contribution in [1.29, 1.82) is 0 Å². The van der Waals surface area contributed by atoms with Crippen LogP contribution in [0.2, 0.25) is 0 Å². The van der Waals surface area contributed by atoms with E-state index in [4.69, 9.17) is 0 Å². The molecule has 0 aromatic rings. The highest BCUT2D eigenvalue weighted by Crippen LogP contribution is 2.17. The Kier molecular flexibility index (Phi) is 3.93. The zero-order valence-electron chi connectivity index (χ0n) is 7.42. The molecule has 70 valence electrons. The minimum atomic E-state index is -0.816. The third-order valence-electron chi connectivity index (χ3n) is 1.73. The first-order chi connectivity index (χ1) is 5.61. The topological polar surface area (TPSA) is 20.3 Å². The van der Waals surface area contributed by atoms with Gasteiger partial charge in [-0.15, -0.1) is 0 Å². The first kappa shape index (κ1) is 10.4. The van der Waals surface area contributed by atoms with Gasteiger partial charge in [0.2, 0.25) is 0 Å². The monoisotopic (exact) mass is 251 g/mol. The lowest BCUT2D eigenvalue weighted by molar-refractivity contribution is 0.471. The zero-order chi connectivity index (χ0) is 9.14. The van der Waals surface area contributed by atoms with E-state index in [1.165, 1.54) is 0 Å². The average Bonchev–Trinajstić information content (AvgIpc) is 2.03. The van der Waals surface area contributed by atoms with E-state index in [2.05, 4.69) is 22.0 Å². The van der Waals surface area contributed by atoms with Crippen molar-refractivity contribution in [3.8, 4) is 0 Å². The predicted octanol–water partition coefficient (Wildman–Crippen LogP) is 2.04. The maximum atomic E-state index is 11.6. The molecular formula is C8H14BrNOS. The molecule has 0 radical (unpaired) electrons. The van der Waals surface area contributed by atoms with Crippen molar-refractivity contribution in [3.63, 3.8) is 0 Å². The van der Waals surface area contributed by atoms with Crippen molar-refractivity contribution in [2.45, 2.75) is 25.5 Å². The van der Waals surface area contributed by atoms with Crippen molar-refractivity contribution in [1.82, 2.24) is 4.31 Å². The molecular weight excluding hydrogens is 238 g/mol. The third-order valence-corrected chi connectivity index (χ3v) is 3.93. The van der Waals surface area contributed by atoms with Crippen LogP contribution in [0.15, 0.2) is 10.6 Å². The van der Waals surface area contributed by atoms with Crippen LogP contribution in [-0.2, 0) is 11.0 Å². The van der Waals surface area contributed by atoms with Gasteiger partial charge in [-0.1, -0.05) is 22.0 Å². The molecule has 1 heterocycles. The summed E-state index contributed by atoms with van der Waals surface area (Å²) in [5, 5.41) is 0.225. The quantitative estimate of drug-likeness (QED) is 0.736. The second-order valence-electron chi connectivity index (χ2n) is 3.13. The fourth-order valence-electron chi connectivity index (χ4n) is 1.13. The SMILES string of the molecule is CC(C)S(=O)N1CCC=C(Br)C1. The van der Waals surface area contributed by atoms with E-state index < -0.39 is 11.0 Å². The van der Waals surface area contributed by atoms with Crippen molar-refractivity contribution in [2.75, 3.05) is 13.1 Å². The molecule has 0 aliphatic carbocycles. The lowest BCUT2D eigenvalue weighted by atomic mass is 10.3. The van der Waals surface area contributed by atoms with E-state index in [0.717, 1.165) is 24.0 Å². The Bertz CT molecular complexity index is 215. The normalized spacial score (nSPS) is 22.5. The molecule has 1 rings (SSSR count). The van der Waals surface area contributed by atoms with Crippen LogP contribution in [0.3, 0.4) is 0 Å². The molecule has 0 bridgehead atoms. The molecule has 0 amide bonds. The van der Waals surface area contributed by atoms with Gasteiger partial charge in [0.25, 0.3) is 0 Å². The van der Waals surface area contributed by atoms with Crippen LogP contribution in [0.4, 0.5) is 0 Å². The van der Waals surface area contributed by atoms with Crippen LogP contribution >= 0.6 is 15.9 Å². The van der Waals surface area contributed by atoms with Crippen molar-refractivity contribution < 1.29 is 4.21 Å². The lowest BCUT2D eigenvalue weighted by Crippen LogP contribution is -2.34. The third kappa shape index (κ3) is 2.68. The molecule has 0 fully saturated rings. The van der Waals surface area contributed by atoms with Gasteiger partial charge < -0.3 is 0 Å². The summed E-state index contributed by atoms with van der Waals surface area (Å²) in [6.45, 7) is 5.69. The molecule has 1 atom stereocenters. The van der Waals surface area contributed by atoms with Gasteiger partial charge in [0, 0.05) is 22.8 Å². The summed E-state index contributed by atoms with van der Waals surface area (Å²) in [5.74, 6) is 0. The Morgan fingerprint density at radius 3 is 2.83 bits per heavy atom. The summed E-state index contributed by atoms with van der Waals surface area (Å²) in [7, 11) is -0.816. The highest BCUT2D eigenvalue weighted by atomic mass is 79.9. The molecule has 12 heavy (non-hydrogen) atoms. The summed E-state index contributed by atoms with van der Waals surface area (Å²) in [5.41, 5.74) is 0. The minimum absolute atomic E-state index is 0.225. The molecule has 0 N–H and O–H groups in total. The summed E-state index contributed by atoms with van der Waals surface area (Å²) in [4.78, 5) is 0. The van der Waals surface area contributed by atoms with Gasteiger partial charge in [-0.3, -0.25) is 0 Å². The van der Waals surface area contributed by atoms with E-state index in [-0.39, 0.29) is 5.25 Å². The second-order valence-corrected chi connectivity index (χ2v) is 6.16. The summed E-state index contributed by atoms with van der Waals surface area (Å²) in [6, 6.07) is 0. The molecule has 0 aromatic carbocycles. The van der Waals surface area contributed by atoms with Gasteiger partial charge in [-0.2, -0.15) is 0 Å². The summed E-state index contributed by atoms with van der Waals surface area (Å²) >= 11 is 3.43. The molecule has 1 aliphatic heterocycles. The van der Waals surface area contributed by atoms with Gasteiger partial charge in [-0.25, -0.2) is 8.51 Å². The molecule has 2 nitrogen and oxygen atoms in total. The maximum Gasteiger partial charge on any atom is 0.0972 e. The fraction of sp³-hybridized carbons (Fsp3) is 0.750. The van der Waals surface area contributed by atoms with Gasteiger partial charge >= 0.3 is 0 Å². The van der Waals surface area contributed by atoms with Crippen LogP contribution in [0.1, 0.15) is 20.3 Å². The lowest BCUT2D eigenvalue weighted by Gasteiger charge is -2.25. The van der Waals surface area contributed by atoms with Gasteiger partial charge in [-0.05, 0) is 20.3 Å². The molecule has 1 aliphatic rings. The summed E-state index contributed by atoms with van der Waals surface area (Å²) < 4.78 is 14.8. The molecule has 1 unspecified atom stereocenters. The first-order valence-corrected chi connectivity index (χ1v) is 6.07. The van der Waals surface area contributed by atoms with Crippen LogP contribution in [0, 0.1) is 0 Å². The molecule has 4 heteroatoms.